The molecule has 10 heteroatoms. The third-order valence-corrected chi connectivity index (χ3v) is 2.81. The first-order valence-electron chi connectivity index (χ1n) is 5.43. The minimum atomic E-state index is -0.541. The Balaban J connectivity index is 2.11. The smallest absolute Gasteiger partial charge is 0.282 e. The Morgan fingerprint density at radius 1 is 1.30 bits per heavy atom. The molecule has 0 unspecified atom stereocenters. The lowest BCUT2D eigenvalue weighted by Gasteiger charge is -1.99. The molecule has 1 aromatic carbocycles. The number of aromatic nitrogens is 5. The minimum absolute atomic E-state index is 0.00967. The van der Waals surface area contributed by atoms with Crippen LogP contribution in [0.4, 0.5) is 17.2 Å². The molecule has 0 spiro atoms. The predicted molar refractivity (Wildman–Crippen MR) is 71.4 cm³/mol. The number of fused-ring (bicyclic) bond motifs is 1. The predicted octanol–water partition coefficient (Wildman–Crippen LogP) is 1.46. The fourth-order valence-electron chi connectivity index (χ4n) is 1.54. The molecular weight excluding hydrogens is 284 g/mol. The molecule has 0 radical (unpaired) electrons. The van der Waals surface area contributed by atoms with Gasteiger partial charge in [-0.15, -0.1) is 10.2 Å². The molecule has 0 saturated heterocycles. The van der Waals surface area contributed by atoms with Crippen molar-refractivity contribution in [3.63, 3.8) is 0 Å². The van der Waals surface area contributed by atoms with Crippen molar-refractivity contribution >= 4 is 34.6 Å². The maximum Gasteiger partial charge on any atom is 0.282 e. The number of benzene rings is 1. The van der Waals surface area contributed by atoms with E-state index >= 15 is 0 Å². The zero-order chi connectivity index (χ0) is 14.1. The minimum Gasteiger partial charge on any atom is -0.381 e. The van der Waals surface area contributed by atoms with Crippen LogP contribution in [-0.2, 0) is 0 Å². The van der Waals surface area contributed by atoms with Crippen LogP contribution in [0.5, 0.6) is 0 Å². The lowest BCUT2D eigenvalue weighted by Crippen LogP contribution is -2.13. The van der Waals surface area contributed by atoms with Crippen molar-refractivity contribution in [3.8, 4) is 0 Å². The van der Waals surface area contributed by atoms with Gasteiger partial charge in [-0.1, -0.05) is 28.8 Å². The number of nitrogens with two attached hydrogens (primary N) is 1. The number of hydrogen-bond donors (Lipinski definition) is 2. The zero-order valence-corrected chi connectivity index (χ0v) is 10.6. The fraction of sp³-hybridized carbons (Fsp3) is 0. The third-order valence-electron chi connectivity index (χ3n) is 2.49. The summed E-state index contributed by atoms with van der Waals surface area (Å²) in [7, 11) is 0. The first-order valence-corrected chi connectivity index (χ1v) is 5.81. The van der Waals surface area contributed by atoms with E-state index in [1.54, 1.807) is 24.3 Å². The van der Waals surface area contributed by atoms with E-state index in [9.17, 15) is 4.79 Å². The van der Waals surface area contributed by atoms with E-state index in [2.05, 4.69) is 30.7 Å². The van der Waals surface area contributed by atoms with Gasteiger partial charge < -0.3 is 5.73 Å². The summed E-state index contributed by atoms with van der Waals surface area (Å²) in [6, 6.07) is 6.83. The Morgan fingerprint density at radius 2 is 2.10 bits per heavy atom. The fourth-order valence-corrected chi connectivity index (χ4v) is 1.71. The molecule has 0 bridgehead atoms. The molecule has 0 amide bonds. The molecule has 0 fully saturated rings. The number of nitrogens with zero attached hydrogens (tertiary/aromatic N) is 6. The number of tetrazole rings is 1. The molecule has 9 nitrogen and oxygen atoms in total. The molecule has 3 aromatic rings. The molecule has 3 N–H and O–H groups in total. The number of nitrogen functional groups attached to an aromatic ring is 1. The van der Waals surface area contributed by atoms with E-state index in [-0.39, 0.29) is 17.3 Å². The summed E-state index contributed by atoms with van der Waals surface area (Å²) in [6.07, 6.45) is 0. The number of nitrogens with one attached hydrogen (secondary N) is 1. The van der Waals surface area contributed by atoms with Crippen LogP contribution in [0, 0.1) is 0 Å². The van der Waals surface area contributed by atoms with Gasteiger partial charge in [0.05, 0.1) is 5.02 Å². The maximum absolute atomic E-state index is 11.8. The van der Waals surface area contributed by atoms with Crippen molar-refractivity contribution < 1.29 is 0 Å². The molecule has 0 atom stereocenters. The first kappa shape index (κ1) is 12.2. The molecule has 2 heterocycles. The van der Waals surface area contributed by atoms with Crippen LogP contribution in [0.2, 0.25) is 5.02 Å². The molecular formula is C10H7ClN8O. The van der Waals surface area contributed by atoms with Crippen LogP contribution in [0.3, 0.4) is 0 Å². The van der Waals surface area contributed by atoms with E-state index in [1.165, 1.54) is 0 Å². The quantitative estimate of drug-likeness (QED) is 0.691. The monoisotopic (exact) mass is 290 g/mol. The molecule has 0 saturated carbocycles. The summed E-state index contributed by atoms with van der Waals surface area (Å²) in [5, 5.41) is 18.7. The van der Waals surface area contributed by atoms with Crippen LogP contribution in [-0.4, -0.2) is 25.0 Å². The standard InChI is InChI=1S/C10H7ClN8O/c11-5-3-1-2-4-6(5)14-15-7-8(12)19-10(13-9(7)20)16-17-18-19/h1-4H,12H2,(H,13,16,18,20). The highest BCUT2D eigenvalue weighted by molar-refractivity contribution is 6.32. The Labute approximate surface area is 116 Å². The zero-order valence-electron chi connectivity index (χ0n) is 9.86. The van der Waals surface area contributed by atoms with Gasteiger partial charge in [0.2, 0.25) is 0 Å². The van der Waals surface area contributed by atoms with Crippen LogP contribution >= 0.6 is 11.6 Å². The summed E-state index contributed by atoms with van der Waals surface area (Å²) in [5.74, 6) is 0.119. The number of rotatable bonds is 2. The topological polar surface area (TPSA) is 127 Å². The third kappa shape index (κ3) is 1.99. The molecule has 0 aliphatic heterocycles. The highest BCUT2D eigenvalue weighted by Crippen LogP contribution is 2.26. The van der Waals surface area contributed by atoms with Gasteiger partial charge in [-0.05, 0) is 22.6 Å². The van der Waals surface area contributed by atoms with Crippen molar-refractivity contribution in [2.45, 2.75) is 0 Å². The summed E-state index contributed by atoms with van der Waals surface area (Å²) >= 11 is 5.94. The summed E-state index contributed by atoms with van der Waals surface area (Å²) in [4.78, 5) is 14.3. The Morgan fingerprint density at radius 3 is 2.90 bits per heavy atom. The number of hydrogen-bond acceptors (Lipinski definition) is 7. The molecule has 3 rings (SSSR count). The van der Waals surface area contributed by atoms with Crippen molar-refractivity contribution in [2.24, 2.45) is 10.2 Å². The molecule has 0 aliphatic rings. The highest BCUT2D eigenvalue weighted by Gasteiger charge is 2.11. The largest absolute Gasteiger partial charge is 0.381 e. The average Bonchev–Trinajstić information content (AvgIpc) is 2.88. The molecule has 0 aliphatic carbocycles. The lowest BCUT2D eigenvalue weighted by molar-refractivity contribution is 0.826. The van der Waals surface area contributed by atoms with E-state index in [0.29, 0.717) is 10.7 Å². The van der Waals surface area contributed by atoms with Crippen LogP contribution < -0.4 is 11.3 Å². The van der Waals surface area contributed by atoms with Crippen molar-refractivity contribution in [2.75, 3.05) is 5.73 Å². The van der Waals surface area contributed by atoms with Gasteiger partial charge in [0, 0.05) is 0 Å². The van der Waals surface area contributed by atoms with E-state index in [4.69, 9.17) is 17.3 Å². The Hall–Kier alpha value is -2.81. The van der Waals surface area contributed by atoms with Crippen molar-refractivity contribution in [3.05, 3.63) is 39.6 Å². The van der Waals surface area contributed by atoms with Gasteiger partial charge >= 0.3 is 0 Å². The Bertz CT molecular complexity index is 867. The Kier molecular flexibility index (Phi) is 2.88. The number of anilines is 1. The normalized spacial score (nSPS) is 11.4. The molecule has 2 aromatic heterocycles. The summed E-state index contributed by atoms with van der Waals surface area (Å²) < 4.78 is 1.16. The van der Waals surface area contributed by atoms with Crippen LogP contribution in [0.1, 0.15) is 0 Å². The second-order valence-electron chi connectivity index (χ2n) is 3.75. The van der Waals surface area contributed by atoms with Crippen LogP contribution in [0.25, 0.3) is 5.78 Å². The summed E-state index contributed by atoms with van der Waals surface area (Å²) in [6.45, 7) is 0. The maximum atomic E-state index is 11.8. The van der Waals surface area contributed by atoms with E-state index < -0.39 is 5.56 Å². The second kappa shape index (κ2) is 4.70. The van der Waals surface area contributed by atoms with Gasteiger partial charge in [-0.25, -0.2) is 0 Å². The lowest BCUT2D eigenvalue weighted by atomic mass is 10.3. The molecule has 100 valence electrons. The number of azo groups is 1. The van der Waals surface area contributed by atoms with Crippen molar-refractivity contribution in [1.29, 1.82) is 0 Å². The number of aromatic amines is 1. The van der Waals surface area contributed by atoms with Crippen molar-refractivity contribution in [1.82, 2.24) is 25.0 Å². The van der Waals surface area contributed by atoms with E-state index in [1.807, 2.05) is 0 Å². The van der Waals surface area contributed by atoms with E-state index in [0.717, 1.165) is 4.52 Å². The van der Waals surface area contributed by atoms with Gasteiger partial charge in [0.1, 0.15) is 5.69 Å². The van der Waals surface area contributed by atoms with Gasteiger partial charge in [0.15, 0.2) is 11.5 Å². The number of halogens is 1. The van der Waals surface area contributed by atoms with Gasteiger partial charge in [-0.2, -0.15) is 4.52 Å². The SMILES string of the molecule is Nc1c(N=Nc2ccccc2Cl)c(=O)[nH]c2nnnn12. The van der Waals surface area contributed by atoms with Gasteiger partial charge in [-0.3, -0.25) is 9.78 Å². The van der Waals surface area contributed by atoms with Crippen LogP contribution in [0.15, 0.2) is 39.3 Å². The highest BCUT2D eigenvalue weighted by atomic mass is 35.5. The second-order valence-corrected chi connectivity index (χ2v) is 4.16. The summed E-state index contributed by atoms with van der Waals surface area (Å²) in [5.41, 5.74) is 5.57. The first-order chi connectivity index (χ1) is 9.66. The molecule has 20 heavy (non-hydrogen) atoms. The van der Waals surface area contributed by atoms with Gasteiger partial charge in [0.25, 0.3) is 11.3 Å². The average molecular weight is 291 g/mol. The number of H-pyrrole nitrogens is 1.